The van der Waals surface area contributed by atoms with Crippen LogP contribution in [0.15, 0.2) is 235 Å². The number of ether oxygens (including phenoxy) is 6. The molecule has 10 N–H and O–H groups in total. The number of amidine groups is 3. The summed E-state index contributed by atoms with van der Waals surface area (Å²) in [6, 6.07) is 51.3. The molecule has 0 radical (unpaired) electrons. The molecule has 3 amide bonds. The third-order valence-electron chi connectivity index (χ3n) is 19.9. The van der Waals surface area contributed by atoms with E-state index in [9.17, 15) is 24.0 Å². The summed E-state index contributed by atoms with van der Waals surface area (Å²) in [6.45, 7) is 1.08. The number of nitrogens with one attached hydrogen (secondary N) is 2. The average Bonchev–Trinajstić information content (AvgIpc) is 0.733. The first-order valence-electron chi connectivity index (χ1n) is 37.0. The van der Waals surface area contributed by atoms with E-state index in [0.717, 1.165) is 74.3 Å². The molecule has 5 aromatic carbocycles. The Labute approximate surface area is 762 Å². The fraction of sp³-hybridized carbons (Fsp3) is 0.200. The van der Waals surface area contributed by atoms with Crippen molar-refractivity contribution in [2.45, 2.75) is 86.5 Å². The Morgan fingerprint density at radius 3 is 1.18 bits per heavy atom. The first kappa shape index (κ1) is 88.4. The van der Waals surface area contributed by atoms with Gasteiger partial charge in [-0.15, -0.1) is 0 Å². The predicted octanol–water partition coefficient (Wildman–Crippen LogP) is 17.2. The molecule has 6 aromatic heterocycles. The first-order chi connectivity index (χ1) is 57.9. The predicted molar refractivity (Wildman–Crippen MR) is 477 cm³/mol. The summed E-state index contributed by atoms with van der Waals surface area (Å²) >= 11 is 36.0. The second-order valence-electron chi connectivity index (χ2n) is 27.7. The number of halogens is 8. The van der Waals surface area contributed by atoms with E-state index >= 15 is 0 Å². The minimum atomic E-state index is -0.963. The van der Waals surface area contributed by atoms with E-state index in [2.05, 4.69) is 130 Å². The van der Waals surface area contributed by atoms with Gasteiger partial charge in [0.25, 0.3) is 35.8 Å². The summed E-state index contributed by atoms with van der Waals surface area (Å²) in [5.41, 5.74) is 28.0. The number of hydrogen-bond acceptors (Lipinski definition) is 23. The van der Waals surface area contributed by atoms with Crippen molar-refractivity contribution in [2.24, 2.45) is 37.9 Å². The molecule has 11 aromatic rings. The van der Waals surface area contributed by atoms with Crippen molar-refractivity contribution in [3.05, 3.63) is 312 Å². The summed E-state index contributed by atoms with van der Waals surface area (Å²) in [6.07, 6.45) is 16.1. The van der Waals surface area contributed by atoms with E-state index in [4.69, 9.17) is 101 Å². The van der Waals surface area contributed by atoms with Crippen LogP contribution in [0, 0.1) is 3.57 Å². The molecule has 0 bridgehead atoms. The van der Waals surface area contributed by atoms with Gasteiger partial charge in [0, 0.05) is 143 Å². The topological polar surface area (TPSA) is 383 Å². The molecule has 0 unspecified atom stereocenters. The molecule has 26 nitrogen and oxygen atoms in total. The molecule has 7 aliphatic rings. The van der Waals surface area contributed by atoms with Crippen LogP contribution >= 0.6 is 126 Å². The monoisotopic (exact) mass is 2130 g/mol. The van der Waals surface area contributed by atoms with E-state index < -0.39 is 22.5 Å². The minimum absolute atomic E-state index is 0.0979. The van der Waals surface area contributed by atoms with Gasteiger partial charge >= 0.3 is 33.1 Å². The molecule has 12 heterocycles. The zero-order chi connectivity index (χ0) is 84.8. The van der Waals surface area contributed by atoms with Crippen LogP contribution in [0.2, 0.25) is 15.1 Å². The van der Waals surface area contributed by atoms with Crippen molar-refractivity contribution < 1.29 is 65.2 Å². The van der Waals surface area contributed by atoms with Gasteiger partial charge in [0.15, 0.2) is 11.6 Å². The van der Waals surface area contributed by atoms with Gasteiger partial charge in [-0.3, -0.25) is 44.6 Å². The Kier molecular flexibility index (Phi) is 29.5. The van der Waals surface area contributed by atoms with Crippen LogP contribution in [0.5, 0.6) is 34.9 Å². The molecule has 5 atom stereocenters. The first-order valence-corrected chi connectivity index (χ1v) is 44.6. The molecule has 618 valence electrons. The van der Waals surface area contributed by atoms with Crippen molar-refractivity contribution >= 4 is 173 Å². The maximum atomic E-state index is 13.0. The number of carbonyl (C=O) groups excluding carboxylic acids is 5. The number of primary amides is 1. The fourth-order valence-electron chi connectivity index (χ4n) is 14.1. The fourth-order valence-corrected chi connectivity index (χ4v) is 15.9. The third-order valence-corrected chi connectivity index (χ3v) is 22.5. The van der Waals surface area contributed by atoms with Crippen LogP contribution in [0.1, 0.15) is 142 Å². The Balaban J connectivity index is 0.000000140. The van der Waals surface area contributed by atoms with Crippen molar-refractivity contribution in [1.82, 2.24) is 40.5 Å². The number of benzene rings is 5. The van der Waals surface area contributed by atoms with Gasteiger partial charge in [0.05, 0.1) is 34.9 Å². The Bertz CT molecular complexity index is 5710. The quantitative estimate of drug-likeness (QED) is 0.0444. The van der Waals surface area contributed by atoms with Gasteiger partial charge in [0.1, 0.15) is 50.9 Å². The SMILES string of the molecule is NC(=O)c1ccc(Cl)cn1.NC1=N[C@@]2(CCO1)c1cc(CC(=O)c3ccc(Cl)cn3)ccc1Oc1ncc(Br)cc12.N[C@H]1CCCC[C@@H]1N.O=C(NC1=N[C@@]2(CCO1)c1cc(CC(=O)c3ccc(Cl)cn3)ccc1Oc1ncc(Br)cc12)c1ccccc1.O=C(NC1=N[C@@]2(CCO1)c1cc(I)ccc1Oc1ncc(Br)cc12)c1ccccc1.[Cu][I]. The normalized spacial score (nSPS) is 18.8. The van der Waals surface area contributed by atoms with Crippen LogP contribution in [-0.4, -0.2) is 109 Å². The van der Waals surface area contributed by atoms with Crippen molar-refractivity contribution in [3.63, 3.8) is 0 Å². The zero-order valence-electron chi connectivity index (χ0n) is 62.9. The number of fused-ring (bicyclic) bond motifs is 12. The molecule has 0 saturated heterocycles. The summed E-state index contributed by atoms with van der Waals surface area (Å²) in [5, 5.41) is 7.05. The second kappa shape index (κ2) is 40.1. The van der Waals surface area contributed by atoms with E-state index in [1.54, 1.807) is 106 Å². The van der Waals surface area contributed by atoms with E-state index in [1.165, 1.54) is 37.5 Å². The molecule has 3 spiro atoms. The van der Waals surface area contributed by atoms with Crippen molar-refractivity contribution in [3.8, 4) is 34.9 Å². The van der Waals surface area contributed by atoms with Crippen molar-refractivity contribution in [2.75, 3.05) is 19.8 Å². The van der Waals surface area contributed by atoms with Crippen LogP contribution in [0.25, 0.3) is 0 Å². The summed E-state index contributed by atoms with van der Waals surface area (Å²) in [5.74, 6) is 1.90. The van der Waals surface area contributed by atoms with Gasteiger partial charge < -0.3 is 51.4 Å². The molecular weight excluding hydrogens is 2070 g/mol. The number of nitrogens with zero attached hydrogens (tertiary/aromatic N) is 9. The number of aromatic nitrogens is 6. The molecule has 120 heavy (non-hydrogen) atoms. The van der Waals surface area contributed by atoms with Gasteiger partial charge in [-0.2, -0.15) is 0 Å². The third kappa shape index (κ3) is 20.8. The Morgan fingerprint density at radius 2 is 0.817 bits per heavy atom. The molecule has 1 aliphatic carbocycles. The zero-order valence-corrected chi connectivity index (χ0v) is 75.2. The molecule has 6 aliphatic heterocycles. The van der Waals surface area contributed by atoms with Gasteiger partial charge in [-0.25, -0.2) is 34.9 Å². The molecule has 1 fully saturated rings. The second-order valence-corrected chi connectivity index (χ2v) is 33.0. The number of Topliss-reactive ketones (excluding diaryl/α,β-unsaturated/α-hetero) is 2. The summed E-state index contributed by atoms with van der Waals surface area (Å²) in [4.78, 5) is 102. The number of carbonyl (C=O) groups is 5. The Hall–Kier alpha value is -9.43. The summed E-state index contributed by atoms with van der Waals surface area (Å²) in [7, 11) is 0. The number of pyridine rings is 6. The van der Waals surface area contributed by atoms with Crippen molar-refractivity contribution in [1.29, 1.82) is 0 Å². The van der Waals surface area contributed by atoms with Crippen LogP contribution in [0.4, 0.5) is 0 Å². The standard InChI is InChI=1S/C29H20BrClN4O4.C22H16BrClN4O3.C22H15BrIN3O3.C6H5ClN2O.C6H14N2.Cu.HI/c30-19-14-22-27(33-15-19)39-25-9-6-17(13-24(36)23-8-7-20(31)16-32-23)12-21(25)29(22)10-11-38-28(35-29)34-26(37)18-4-2-1-3-5-18;23-13-9-16-20(27-10-13)31-19-4-1-12(8-18(29)17-3-2-14(24)11-26-17)7-15(19)22(16)5-6-30-21(25)28-22;23-14-10-17-20(25-12-14)30-18-7-6-15(24)11-16(18)22(17)8-9-29-21(27-22)26-19(28)13-4-2-1-3-5-13;7-4-1-2-5(6(8)10)9-3-4;7-5-3-1-2-4-6(5)8;;/h1-9,12,14-16H,10-11,13H2,(H,34,35,37);1-4,7,9-11H,5-6,8H2,(H2,25,28);1-7,10-12H,8-9H2,(H,26,27,28);1-3H,(H2,8,10);5-6H,1-4,7-8H2;;1H/q;;;;;+1;/p-1/t29-;2*22-;;5-,6-;;/m000.0../s1. The number of amides is 3. The molecule has 18 rings (SSSR count). The molecule has 1 saturated carbocycles. The van der Waals surface area contributed by atoms with Gasteiger partial charge in [-0.05, 0) is 216 Å². The van der Waals surface area contributed by atoms with E-state index in [0.29, 0.717) is 105 Å². The average molecular weight is 2140 g/mol. The number of hydrogen-bond donors (Lipinski definition) is 6. The van der Waals surface area contributed by atoms with Crippen LogP contribution in [0.3, 0.4) is 0 Å². The maximum absolute atomic E-state index is 13.0. The van der Waals surface area contributed by atoms with E-state index in [1.807, 2.05) is 91.0 Å². The van der Waals surface area contributed by atoms with E-state index in [-0.39, 0.29) is 78.7 Å². The molecule has 35 heteroatoms. The van der Waals surface area contributed by atoms with Crippen LogP contribution in [-0.2, 0) is 56.4 Å². The van der Waals surface area contributed by atoms with Gasteiger partial charge in [0.2, 0.25) is 17.6 Å². The van der Waals surface area contributed by atoms with Gasteiger partial charge in [-0.1, -0.05) is 96.2 Å². The number of aliphatic imine (C=N–C) groups is 3. The summed E-state index contributed by atoms with van der Waals surface area (Å²) < 4.78 is 38.7. The number of ketones is 2. The molecular formula is C85H70Br3Cl3CuI2N15O11. The number of rotatable bonds is 9. The Morgan fingerprint density at radius 1 is 0.450 bits per heavy atom. The number of nitrogens with two attached hydrogens (primary N) is 4. The van der Waals surface area contributed by atoms with Crippen LogP contribution < -0.4 is 47.8 Å².